The van der Waals surface area contributed by atoms with E-state index in [4.69, 9.17) is 4.74 Å². The van der Waals surface area contributed by atoms with E-state index < -0.39 is 0 Å². The second kappa shape index (κ2) is 7.72. The highest BCUT2D eigenvalue weighted by molar-refractivity contribution is 5.56. The van der Waals surface area contributed by atoms with E-state index >= 15 is 0 Å². The van der Waals surface area contributed by atoms with Gasteiger partial charge in [-0.1, -0.05) is 38.8 Å². The van der Waals surface area contributed by atoms with Crippen molar-refractivity contribution in [3.8, 4) is 5.75 Å². The van der Waals surface area contributed by atoms with Crippen LogP contribution in [0.3, 0.4) is 0 Å². The molecule has 118 valence electrons. The minimum atomic E-state index is 0.215. The van der Waals surface area contributed by atoms with Gasteiger partial charge in [0.15, 0.2) is 0 Å². The third-order valence-corrected chi connectivity index (χ3v) is 4.57. The number of para-hydroxylation sites is 2. The fraction of sp³-hybridized carbons (Fsp3) is 0.684. The van der Waals surface area contributed by atoms with E-state index in [1.165, 1.54) is 32.1 Å². The SMILES string of the molecule is CC(C)Oc1ccccc1NC1CCCC(C(C)C)CC1. The zero-order valence-electron chi connectivity index (χ0n) is 14.1. The minimum absolute atomic E-state index is 0.215. The molecule has 1 aromatic rings. The third kappa shape index (κ3) is 4.94. The lowest BCUT2D eigenvalue weighted by molar-refractivity contribution is 0.243. The highest BCUT2D eigenvalue weighted by Crippen LogP contribution is 2.32. The molecule has 0 aromatic heterocycles. The van der Waals surface area contributed by atoms with Gasteiger partial charge in [-0.3, -0.25) is 0 Å². The van der Waals surface area contributed by atoms with Gasteiger partial charge in [0.05, 0.1) is 11.8 Å². The van der Waals surface area contributed by atoms with Crippen LogP contribution in [0.4, 0.5) is 5.69 Å². The molecular formula is C19H31NO. The van der Waals surface area contributed by atoms with Crippen LogP contribution in [-0.2, 0) is 0 Å². The van der Waals surface area contributed by atoms with Gasteiger partial charge in [-0.25, -0.2) is 0 Å². The molecule has 0 aliphatic heterocycles. The second-order valence-electron chi connectivity index (χ2n) is 7.02. The first-order valence-corrected chi connectivity index (χ1v) is 8.58. The maximum absolute atomic E-state index is 5.91. The van der Waals surface area contributed by atoms with E-state index in [9.17, 15) is 0 Å². The minimum Gasteiger partial charge on any atom is -0.489 e. The molecular weight excluding hydrogens is 258 g/mol. The molecule has 21 heavy (non-hydrogen) atoms. The molecule has 0 spiro atoms. The Kier molecular flexibility index (Phi) is 5.96. The molecule has 1 saturated carbocycles. The van der Waals surface area contributed by atoms with Crippen molar-refractivity contribution in [1.29, 1.82) is 0 Å². The summed E-state index contributed by atoms with van der Waals surface area (Å²) >= 11 is 0. The lowest BCUT2D eigenvalue weighted by Gasteiger charge is -2.22. The molecule has 0 radical (unpaired) electrons. The Labute approximate surface area is 130 Å². The van der Waals surface area contributed by atoms with Gasteiger partial charge in [-0.15, -0.1) is 0 Å². The second-order valence-corrected chi connectivity index (χ2v) is 7.02. The van der Waals surface area contributed by atoms with Crippen molar-refractivity contribution in [2.75, 3.05) is 5.32 Å². The molecule has 0 heterocycles. The summed E-state index contributed by atoms with van der Waals surface area (Å²) in [5.41, 5.74) is 1.15. The summed E-state index contributed by atoms with van der Waals surface area (Å²) in [7, 11) is 0. The maximum Gasteiger partial charge on any atom is 0.142 e. The van der Waals surface area contributed by atoms with E-state index in [2.05, 4.69) is 51.2 Å². The van der Waals surface area contributed by atoms with Crippen molar-refractivity contribution in [2.45, 2.75) is 71.9 Å². The predicted octanol–water partition coefficient (Wildman–Crippen LogP) is 5.49. The maximum atomic E-state index is 5.91. The number of nitrogens with one attached hydrogen (secondary N) is 1. The predicted molar refractivity (Wildman–Crippen MR) is 91.0 cm³/mol. The summed E-state index contributed by atoms with van der Waals surface area (Å²) in [5, 5.41) is 3.73. The monoisotopic (exact) mass is 289 g/mol. The summed E-state index contributed by atoms with van der Waals surface area (Å²) in [6.45, 7) is 8.89. The van der Waals surface area contributed by atoms with Crippen LogP contribution in [0.1, 0.15) is 59.8 Å². The average molecular weight is 289 g/mol. The Bertz CT molecular complexity index is 427. The first-order chi connectivity index (χ1) is 10.1. The topological polar surface area (TPSA) is 21.3 Å². The van der Waals surface area contributed by atoms with Crippen molar-refractivity contribution in [2.24, 2.45) is 11.8 Å². The molecule has 2 rings (SSSR count). The van der Waals surface area contributed by atoms with E-state index in [0.717, 1.165) is 23.3 Å². The molecule has 0 bridgehead atoms. The number of anilines is 1. The molecule has 2 atom stereocenters. The quantitative estimate of drug-likeness (QED) is 0.724. The Balaban J connectivity index is 1.98. The van der Waals surface area contributed by atoms with E-state index in [-0.39, 0.29) is 6.10 Å². The highest BCUT2D eigenvalue weighted by atomic mass is 16.5. The summed E-state index contributed by atoms with van der Waals surface area (Å²) in [6.07, 6.45) is 6.85. The molecule has 1 aliphatic carbocycles. The lowest BCUT2D eigenvalue weighted by atomic mass is 9.89. The van der Waals surface area contributed by atoms with Crippen LogP contribution >= 0.6 is 0 Å². The van der Waals surface area contributed by atoms with Crippen LogP contribution in [0.25, 0.3) is 0 Å². The van der Waals surface area contributed by atoms with Crippen LogP contribution in [-0.4, -0.2) is 12.1 Å². The van der Waals surface area contributed by atoms with E-state index in [1.807, 2.05) is 6.07 Å². The smallest absolute Gasteiger partial charge is 0.142 e. The lowest BCUT2D eigenvalue weighted by Crippen LogP contribution is -2.20. The molecule has 0 amide bonds. The Morgan fingerprint density at radius 1 is 1.00 bits per heavy atom. The molecule has 1 aliphatic rings. The molecule has 2 nitrogen and oxygen atoms in total. The molecule has 1 aromatic carbocycles. The van der Waals surface area contributed by atoms with Crippen LogP contribution in [0, 0.1) is 11.8 Å². The standard InChI is InChI=1S/C19H31NO/c1-14(2)16-8-7-9-17(13-12-16)20-18-10-5-6-11-19(18)21-15(3)4/h5-6,10-11,14-17,20H,7-9,12-13H2,1-4H3. The zero-order chi connectivity index (χ0) is 15.2. The Morgan fingerprint density at radius 2 is 1.76 bits per heavy atom. The van der Waals surface area contributed by atoms with Crippen molar-refractivity contribution in [3.63, 3.8) is 0 Å². The summed E-state index contributed by atoms with van der Waals surface area (Å²) in [6, 6.07) is 8.93. The first-order valence-electron chi connectivity index (χ1n) is 8.58. The number of benzene rings is 1. The number of hydrogen-bond acceptors (Lipinski definition) is 2. The normalized spacial score (nSPS) is 23.1. The van der Waals surface area contributed by atoms with E-state index in [0.29, 0.717) is 6.04 Å². The Hall–Kier alpha value is -1.18. The summed E-state index contributed by atoms with van der Waals surface area (Å²) < 4.78 is 5.91. The van der Waals surface area contributed by atoms with Crippen molar-refractivity contribution >= 4 is 5.69 Å². The highest BCUT2D eigenvalue weighted by Gasteiger charge is 2.21. The van der Waals surface area contributed by atoms with Gasteiger partial charge in [0, 0.05) is 6.04 Å². The number of ether oxygens (including phenoxy) is 1. The molecule has 1 fully saturated rings. The number of hydrogen-bond donors (Lipinski definition) is 1. The number of rotatable bonds is 5. The Morgan fingerprint density at radius 3 is 2.48 bits per heavy atom. The van der Waals surface area contributed by atoms with Crippen LogP contribution in [0.2, 0.25) is 0 Å². The summed E-state index contributed by atoms with van der Waals surface area (Å²) in [5.74, 6) is 2.71. The summed E-state index contributed by atoms with van der Waals surface area (Å²) in [4.78, 5) is 0. The van der Waals surface area contributed by atoms with Crippen molar-refractivity contribution in [1.82, 2.24) is 0 Å². The van der Waals surface area contributed by atoms with Crippen LogP contribution < -0.4 is 10.1 Å². The van der Waals surface area contributed by atoms with Crippen molar-refractivity contribution < 1.29 is 4.74 Å². The van der Waals surface area contributed by atoms with Gasteiger partial charge in [0.25, 0.3) is 0 Å². The molecule has 2 unspecified atom stereocenters. The average Bonchev–Trinajstić information content (AvgIpc) is 2.66. The van der Waals surface area contributed by atoms with Gasteiger partial charge in [0.1, 0.15) is 5.75 Å². The zero-order valence-corrected chi connectivity index (χ0v) is 14.1. The molecule has 0 saturated heterocycles. The van der Waals surface area contributed by atoms with Crippen molar-refractivity contribution in [3.05, 3.63) is 24.3 Å². The van der Waals surface area contributed by atoms with Crippen LogP contribution in [0.15, 0.2) is 24.3 Å². The fourth-order valence-corrected chi connectivity index (χ4v) is 3.30. The van der Waals surface area contributed by atoms with E-state index in [1.54, 1.807) is 0 Å². The third-order valence-electron chi connectivity index (χ3n) is 4.57. The van der Waals surface area contributed by atoms with Gasteiger partial charge >= 0.3 is 0 Å². The van der Waals surface area contributed by atoms with Gasteiger partial charge in [-0.2, -0.15) is 0 Å². The van der Waals surface area contributed by atoms with Gasteiger partial charge in [0.2, 0.25) is 0 Å². The largest absolute Gasteiger partial charge is 0.489 e. The van der Waals surface area contributed by atoms with Crippen LogP contribution in [0.5, 0.6) is 5.75 Å². The fourth-order valence-electron chi connectivity index (χ4n) is 3.30. The first kappa shape index (κ1) is 16.2. The molecule has 1 N–H and O–H groups in total. The van der Waals surface area contributed by atoms with Gasteiger partial charge in [-0.05, 0) is 57.1 Å². The molecule has 2 heteroatoms. The van der Waals surface area contributed by atoms with Gasteiger partial charge < -0.3 is 10.1 Å².